The first kappa shape index (κ1) is 13.0. The fourth-order valence-corrected chi connectivity index (χ4v) is 1.85. The molecule has 0 radical (unpaired) electrons. The summed E-state index contributed by atoms with van der Waals surface area (Å²) in [5.74, 6) is 0.805. The van der Waals surface area contributed by atoms with Crippen molar-refractivity contribution in [3.8, 4) is 0 Å². The highest BCUT2D eigenvalue weighted by molar-refractivity contribution is 5.66. The number of nitrogen functional groups attached to an aromatic ring is 2. The average molecular weight is 257 g/mol. The van der Waals surface area contributed by atoms with Gasteiger partial charge in [-0.15, -0.1) is 0 Å². The Kier molecular flexibility index (Phi) is 3.46. The molecule has 0 spiro atoms. The van der Waals surface area contributed by atoms with Crippen LogP contribution >= 0.6 is 0 Å². The lowest BCUT2D eigenvalue weighted by Gasteiger charge is -2.30. The molecule has 0 bridgehead atoms. The molecule has 1 aromatic heterocycles. The van der Waals surface area contributed by atoms with E-state index in [-0.39, 0.29) is 5.66 Å². The smallest absolute Gasteiger partial charge is 0.149 e. The van der Waals surface area contributed by atoms with Gasteiger partial charge >= 0.3 is 0 Å². The molecular formula is C14H19N5. The van der Waals surface area contributed by atoms with Crippen LogP contribution in [0.1, 0.15) is 13.8 Å². The van der Waals surface area contributed by atoms with E-state index in [0.717, 1.165) is 11.4 Å². The Hall–Kier alpha value is -2.43. The van der Waals surface area contributed by atoms with Crippen molar-refractivity contribution >= 4 is 23.0 Å². The normalized spacial score (nSPS) is 11.1. The van der Waals surface area contributed by atoms with Gasteiger partial charge in [0, 0.05) is 5.69 Å². The predicted octanol–water partition coefficient (Wildman–Crippen LogP) is 2.51. The van der Waals surface area contributed by atoms with E-state index in [2.05, 4.69) is 15.6 Å². The summed E-state index contributed by atoms with van der Waals surface area (Å²) >= 11 is 0. The number of nitrogens with zero attached hydrogens (tertiary/aromatic N) is 1. The van der Waals surface area contributed by atoms with E-state index in [0.29, 0.717) is 11.6 Å². The standard InChI is InChI=1S/C14H19N5/c1-14(2,18-10-6-4-3-5-7-10)19-11-8-9-12(15)17-13(11)16/h3-9,18-19H,1-2H3,(H4,15,16,17). The van der Waals surface area contributed by atoms with E-state index in [9.17, 15) is 0 Å². The summed E-state index contributed by atoms with van der Waals surface area (Å²) in [5, 5.41) is 6.69. The van der Waals surface area contributed by atoms with E-state index >= 15 is 0 Å². The largest absolute Gasteiger partial charge is 0.384 e. The molecule has 5 heteroatoms. The number of nitrogens with one attached hydrogen (secondary N) is 2. The topological polar surface area (TPSA) is 89.0 Å². The van der Waals surface area contributed by atoms with Gasteiger partial charge in [0.05, 0.1) is 5.69 Å². The zero-order chi connectivity index (χ0) is 13.9. The summed E-state index contributed by atoms with van der Waals surface area (Å²) in [6, 6.07) is 13.5. The Balaban J connectivity index is 2.12. The fourth-order valence-electron chi connectivity index (χ4n) is 1.85. The van der Waals surface area contributed by atoms with Crippen LogP contribution in [0, 0.1) is 0 Å². The molecule has 0 aliphatic heterocycles. The van der Waals surface area contributed by atoms with E-state index in [4.69, 9.17) is 11.5 Å². The van der Waals surface area contributed by atoms with Crippen LogP contribution in [0.4, 0.5) is 23.0 Å². The van der Waals surface area contributed by atoms with Crippen molar-refractivity contribution in [3.05, 3.63) is 42.5 Å². The second kappa shape index (κ2) is 5.06. The molecule has 0 saturated heterocycles. The van der Waals surface area contributed by atoms with Gasteiger partial charge in [-0.2, -0.15) is 0 Å². The lowest BCUT2D eigenvalue weighted by molar-refractivity contribution is 0.652. The number of hydrogen-bond acceptors (Lipinski definition) is 5. The highest BCUT2D eigenvalue weighted by Gasteiger charge is 2.18. The molecule has 1 heterocycles. The van der Waals surface area contributed by atoms with Crippen molar-refractivity contribution in [1.82, 2.24) is 4.98 Å². The summed E-state index contributed by atoms with van der Waals surface area (Å²) in [6.45, 7) is 4.05. The summed E-state index contributed by atoms with van der Waals surface area (Å²) < 4.78 is 0. The Morgan fingerprint density at radius 1 is 0.947 bits per heavy atom. The Morgan fingerprint density at radius 2 is 1.63 bits per heavy atom. The lowest BCUT2D eigenvalue weighted by atomic mass is 10.2. The first-order valence-electron chi connectivity index (χ1n) is 6.10. The Morgan fingerprint density at radius 3 is 2.26 bits per heavy atom. The van der Waals surface area contributed by atoms with Crippen molar-refractivity contribution in [2.24, 2.45) is 0 Å². The lowest BCUT2D eigenvalue weighted by Crippen LogP contribution is -2.39. The summed E-state index contributed by atoms with van der Waals surface area (Å²) in [5.41, 5.74) is 12.8. The van der Waals surface area contributed by atoms with Crippen molar-refractivity contribution in [1.29, 1.82) is 0 Å². The zero-order valence-electron chi connectivity index (χ0n) is 11.1. The molecule has 5 nitrogen and oxygen atoms in total. The van der Waals surface area contributed by atoms with Crippen LogP contribution in [0.3, 0.4) is 0 Å². The van der Waals surface area contributed by atoms with Gasteiger partial charge < -0.3 is 22.1 Å². The Labute approximate surface area is 113 Å². The van der Waals surface area contributed by atoms with Crippen LogP contribution < -0.4 is 22.1 Å². The molecule has 19 heavy (non-hydrogen) atoms. The maximum Gasteiger partial charge on any atom is 0.149 e. The number of aromatic nitrogens is 1. The van der Waals surface area contributed by atoms with Crippen molar-refractivity contribution in [2.45, 2.75) is 19.5 Å². The first-order chi connectivity index (χ1) is 8.96. The van der Waals surface area contributed by atoms with Gasteiger partial charge in [0.25, 0.3) is 0 Å². The average Bonchev–Trinajstić information content (AvgIpc) is 2.33. The SMILES string of the molecule is CC(C)(Nc1ccccc1)Nc1ccc(N)nc1N. The number of nitrogens with two attached hydrogens (primary N) is 2. The molecule has 0 atom stereocenters. The summed E-state index contributed by atoms with van der Waals surface area (Å²) in [7, 11) is 0. The van der Waals surface area contributed by atoms with E-state index in [1.54, 1.807) is 6.07 Å². The second-order valence-electron chi connectivity index (χ2n) is 4.91. The van der Waals surface area contributed by atoms with Crippen molar-refractivity contribution in [3.63, 3.8) is 0 Å². The molecule has 2 aromatic rings. The van der Waals surface area contributed by atoms with Gasteiger partial charge in [0.2, 0.25) is 0 Å². The fraction of sp³-hybridized carbons (Fsp3) is 0.214. The number of benzene rings is 1. The van der Waals surface area contributed by atoms with E-state index < -0.39 is 0 Å². The number of para-hydroxylation sites is 1. The maximum atomic E-state index is 5.84. The van der Waals surface area contributed by atoms with Crippen LogP contribution in [0.15, 0.2) is 42.5 Å². The summed E-state index contributed by atoms with van der Waals surface area (Å²) in [6.07, 6.45) is 0. The van der Waals surface area contributed by atoms with Crippen molar-refractivity contribution < 1.29 is 0 Å². The van der Waals surface area contributed by atoms with Gasteiger partial charge in [-0.05, 0) is 38.1 Å². The number of anilines is 4. The number of hydrogen-bond donors (Lipinski definition) is 4. The van der Waals surface area contributed by atoms with Crippen LogP contribution in [0.2, 0.25) is 0 Å². The highest BCUT2D eigenvalue weighted by atomic mass is 15.2. The molecule has 100 valence electrons. The molecule has 6 N–H and O–H groups in total. The van der Waals surface area contributed by atoms with Gasteiger partial charge in [-0.1, -0.05) is 18.2 Å². The first-order valence-corrected chi connectivity index (χ1v) is 6.10. The quantitative estimate of drug-likeness (QED) is 0.632. The highest BCUT2D eigenvalue weighted by Crippen LogP contribution is 2.22. The van der Waals surface area contributed by atoms with E-state index in [1.165, 1.54) is 0 Å². The van der Waals surface area contributed by atoms with Crippen molar-refractivity contribution in [2.75, 3.05) is 22.1 Å². The number of rotatable bonds is 4. The number of pyridine rings is 1. The van der Waals surface area contributed by atoms with Crippen LogP contribution in [0.5, 0.6) is 0 Å². The minimum absolute atomic E-state index is 0.368. The maximum absolute atomic E-state index is 5.84. The molecule has 0 amide bonds. The van der Waals surface area contributed by atoms with Gasteiger partial charge in [0.1, 0.15) is 17.3 Å². The monoisotopic (exact) mass is 257 g/mol. The molecule has 0 aliphatic carbocycles. The molecule has 1 aromatic carbocycles. The van der Waals surface area contributed by atoms with Crippen LogP contribution in [0.25, 0.3) is 0 Å². The molecule has 0 saturated carbocycles. The molecule has 0 aliphatic rings. The third-order valence-electron chi connectivity index (χ3n) is 2.62. The predicted molar refractivity (Wildman–Crippen MR) is 80.8 cm³/mol. The second-order valence-corrected chi connectivity index (χ2v) is 4.91. The molecule has 0 unspecified atom stereocenters. The van der Waals surface area contributed by atoms with Crippen LogP contribution in [-0.4, -0.2) is 10.6 Å². The minimum Gasteiger partial charge on any atom is -0.384 e. The van der Waals surface area contributed by atoms with Gasteiger partial charge in [0.15, 0.2) is 0 Å². The Bertz CT molecular complexity index is 551. The van der Waals surface area contributed by atoms with Gasteiger partial charge in [-0.25, -0.2) is 4.98 Å². The van der Waals surface area contributed by atoms with Crippen LogP contribution in [-0.2, 0) is 0 Å². The van der Waals surface area contributed by atoms with Gasteiger partial charge in [-0.3, -0.25) is 0 Å². The third kappa shape index (κ3) is 3.51. The molecule has 2 rings (SSSR count). The third-order valence-corrected chi connectivity index (χ3v) is 2.62. The molecule has 0 fully saturated rings. The summed E-state index contributed by atoms with van der Waals surface area (Å²) in [4.78, 5) is 4.03. The van der Waals surface area contributed by atoms with E-state index in [1.807, 2.05) is 50.2 Å². The zero-order valence-corrected chi connectivity index (χ0v) is 11.1. The molecular weight excluding hydrogens is 238 g/mol. The minimum atomic E-state index is -0.368.